The lowest BCUT2D eigenvalue weighted by Gasteiger charge is -2.09. The van der Waals surface area contributed by atoms with Crippen molar-refractivity contribution in [2.24, 2.45) is 0 Å². The first-order valence-electron chi connectivity index (χ1n) is 5.82. The Bertz CT molecular complexity index is 611. The first-order chi connectivity index (χ1) is 8.74. The molecule has 0 saturated carbocycles. The van der Waals surface area contributed by atoms with Crippen molar-refractivity contribution >= 4 is 30.0 Å². The minimum absolute atomic E-state index is 0.126. The first-order valence-corrected chi connectivity index (χ1v) is 5.82. The molecule has 0 saturated heterocycles. The van der Waals surface area contributed by atoms with Crippen LogP contribution in [0.3, 0.4) is 0 Å². The zero-order valence-corrected chi connectivity index (χ0v) is 9.80. The van der Waals surface area contributed by atoms with Gasteiger partial charge in [-0.25, -0.2) is 0 Å². The molecule has 0 aliphatic heterocycles. The van der Waals surface area contributed by atoms with Crippen molar-refractivity contribution < 1.29 is 5.11 Å². The Morgan fingerprint density at radius 3 is 1.83 bits per heavy atom. The van der Waals surface area contributed by atoms with Crippen molar-refractivity contribution in [3.63, 3.8) is 0 Å². The molecule has 3 rings (SSSR count). The Labute approximate surface area is 106 Å². The predicted molar refractivity (Wildman–Crippen MR) is 76.8 cm³/mol. The van der Waals surface area contributed by atoms with Crippen LogP contribution in [0.15, 0.2) is 36.4 Å². The largest absolute Gasteiger partial charge is 0.506 e. The van der Waals surface area contributed by atoms with Gasteiger partial charge in [-0.15, -0.1) is 0 Å². The van der Waals surface area contributed by atoms with Gasteiger partial charge in [0.25, 0.3) is 0 Å². The monoisotopic (exact) mass is 235 g/mol. The molecule has 0 bridgehead atoms. The highest BCUT2D eigenvalue weighted by atomic mass is 16.3. The third-order valence-electron chi connectivity index (χ3n) is 3.11. The van der Waals surface area contributed by atoms with Crippen molar-refractivity contribution in [3.05, 3.63) is 58.7 Å². The molecule has 0 unspecified atom stereocenters. The van der Waals surface area contributed by atoms with Crippen LogP contribution in [0.4, 0.5) is 5.69 Å². The van der Waals surface area contributed by atoms with Crippen LogP contribution in [0.1, 0.15) is 22.3 Å². The lowest BCUT2D eigenvalue weighted by molar-refractivity contribution is 0.478. The second-order valence-corrected chi connectivity index (χ2v) is 4.34. The number of anilines is 1. The minimum atomic E-state index is 0.126. The Kier molecular flexibility index (Phi) is 2.41. The van der Waals surface area contributed by atoms with E-state index in [2.05, 4.69) is 18.2 Å². The van der Waals surface area contributed by atoms with Crippen molar-refractivity contribution in [3.8, 4) is 5.75 Å². The minimum Gasteiger partial charge on any atom is -0.506 e. The Hall–Kier alpha value is -2.48. The van der Waals surface area contributed by atoms with Gasteiger partial charge >= 0.3 is 0 Å². The lowest BCUT2D eigenvalue weighted by atomic mass is 9.98. The predicted octanol–water partition coefficient (Wildman–Crippen LogP) is 3.63. The zero-order chi connectivity index (χ0) is 12.5. The molecule has 0 spiro atoms. The van der Waals surface area contributed by atoms with Crippen LogP contribution < -0.4 is 5.73 Å². The van der Waals surface area contributed by atoms with Gasteiger partial charge in [0.2, 0.25) is 0 Å². The molecule has 0 radical (unpaired) electrons. The highest BCUT2D eigenvalue weighted by molar-refractivity contribution is 5.87. The summed E-state index contributed by atoms with van der Waals surface area (Å²) >= 11 is 0. The van der Waals surface area contributed by atoms with Gasteiger partial charge in [0.1, 0.15) is 5.75 Å². The standard InChI is InChI=1S/C16H13NO/c17-15-9-13-7-5-11-3-1-2-4-12(11)6-8-14(13)10-16(15)18/h1-10,18H,17H2/b7-5-,8-6-,11-5?,12-6?,13-7?,14-8?. The molecule has 2 nitrogen and oxygen atoms in total. The maximum absolute atomic E-state index is 9.65. The van der Waals surface area contributed by atoms with Crippen molar-refractivity contribution in [2.45, 2.75) is 0 Å². The number of rotatable bonds is 0. The molecule has 88 valence electrons. The highest BCUT2D eigenvalue weighted by Gasteiger charge is 2.06. The topological polar surface area (TPSA) is 46.2 Å². The fourth-order valence-corrected chi connectivity index (χ4v) is 2.10. The molecule has 2 heteroatoms. The number of nitrogen functional groups attached to an aromatic ring is 1. The van der Waals surface area contributed by atoms with Gasteiger partial charge in [-0.05, 0) is 34.4 Å². The fraction of sp³-hybridized carbons (Fsp3) is 0. The summed E-state index contributed by atoms with van der Waals surface area (Å²) in [6, 6.07) is 11.7. The molecule has 0 atom stereocenters. The van der Waals surface area contributed by atoms with E-state index in [1.54, 1.807) is 12.1 Å². The number of nitrogens with two attached hydrogens (primary N) is 1. The maximum Gasteiger partial charge on any atom is 0.139 e. The molecule has 2 aromatic rings. The van der Waals surface area contributed by atoms with Gasteiger partial charge < -0.3 is 10.8 Å². The Morgan fingerprint density at radius 2 is 1.22 bits per heavy atom. The van der Waals surface area contributed by atoms with E-state index in [4.69, 9.17) is 5.73 Å². The number of fused-ring (bicyclic) bond motifs is 2. The number of phenolic OH excluding ortho intramolecular Hbond substituents is 1. The van der Waals surface area contributed by atoms with Crippen LogP contribution in [-0.4, -0.2) is 5.11 Å². The molecule has 1 aliphatic carbocycles. The van der Waals surface area contributed by atoms with Crippen LogP contribution >= 0.6 is 0 Å². The smallest absolute Gasteiger partial charge is 0.139 e. The van der Waals surface area contributed by atoms with E-state index in [0.29, 0.717) is 5.69 Å². The lowest BCUT2D eigenvalue weighted by Crippen LogP contribution is -1.91. The molecule has 18 heavy (non-hydrogen) atoms. The van der Waals surface area contributed by atoms with Crippen molar-refractivity contribution in [1.82, 2.24) is 0 Å². The third kappa shape index (κ3) is 1.78. The fourth-order valence-electron chi connectivity index (χ4n) is 2.10. The summed E-state index contributed by atoms with van der Waals surface area (Å²) in [4.78, 5) is 0. The van der Waals surface area contributed by atoms with Gasteiger partial charge in [0, 0.05) is 0 Å². The molecular weight excluding hydrogens is 222 g/mol. The average molecular weight is 235 g/mol. The van der Waals surface area contributed by atoms with E-state index in [9.17, 15) is 5.11 Å². The van der Waals surface area contributed by atoms with E-state index in [-0.39, 0.29) is 5.75 Å². The molecule has 3 N–H and O–H groups in total. The molecule has 0 fully saturated rings. The molecular formula is C16H13NO. The van der Waals surface area contributed by atoms with Crippen LogP contribution in [-0.2, 0) is 0 Å². The highest BCUT2D eigenvalue weighted by Crippen LogP contribution is 2.29. The number of hydrogen-bond acceptors (Lipinski definition) is 2. The van der Waals surface area contributed by atoms with Gasteiger partial charge in [-0.2, -0.15) is 0 Å². The Morgan fingerprint density at radius 1 is 0.722 bits per heavy atom. The normalized spacial score (nSPS) is 16.0. The quantitative estimate of drug-likeness (QED) is 0.461. The second-order valence-electron chi connectivity index (χ2n) is 4.34. The van der Waals surface area contributed by atoms with Crippen LogP contribution in [0.25, 0.3) is 24.3 Å². The SMILES string of the molecule is Nc1cc2c(cc1O)/C=C\c1ccccc1/C=C\2. The number of phenols is 1. The van der Waals surface area contributed by atoms with Crippen molar-refractivity contribution in [1.29, 1.82) is 0 Å². The van der Waals surface area contributed by atoms with E-state index >= 15 is 0 Å². The van der Waals surface area contributed by atoms with Crippen LogP contribution in [0.2, 0.25) is 0 Å². The number of benzene rings is 2. The summed E-state index contributed by atoms with van der Waals surface area (Å²) in [5, 5.41) is 9.65. The number of aromatic hydroxyl groups is 1. The second kappa shape index (κ2) is 4.08. The van der Waals surface area contributed by atoms with Gasteiger partial charge in [-0.1, -0.05) is 48.6 Å². The van der Waals surface area contributed by atoms with Crippen LogP contribution in [0, 0.1) is 0 Å². The summed E-state index contributed by atoms with van der Waals surface area (Å²) < 4.78 is 0. The molecule has 0 amide bonds. The van der Waals surface area contributed by atoms with Crippen molar-refractivity contribution in [2.75, 3.05) is 5.73 Å². The molecule has 2 aromatic carbocycles. The van der Waals surface area contributed by atoms with E-state index in [0.717, 1.165) is 16.7 Å². The average Bonchev–Trinajstić information content (AvgIpc) is 2.36. The first kappa shape index (κ1) is 10.7. The maximum atomic E-state index is 9.65. The summed E-state index contributed by atoms with van der Waals surface area (Å²) in [6.45, 7) is 0. The molecule has 0 heterocycles. The van der Waals surface area contributed by atoms with E-state index in [1.807, 2.05) is 30.4 Å². The number of hydrogen-bond donors (Lipinski definition) is 2. The van der Waals surface area contributed by atoms with Crippen LogP contribution in [0.5, 0.6) is 5.75 Å². The zero-order valence-electron chi connectivity index (χ0n) is 9.80. The van der Waals surface area contributed by atoms with Gasteiger partial charge in [0.15, 0.2) is 0 Å². The van der Waals surface area contributed by atoms with E-state index in [1.165, 1.54) is 5.56 Å². The van der Waals surface area contributed by atoms with Gasteiger partial charge in [0.05, 0.1) is 5.69 Å². The van der Waals surface area contributed by atoms with Gasteiger partial charge in [-0.3, -0.25) is 0 Å². The summed E-state index contributed by atoms with van der Waals surface area (Å²) in [7, 11) is 0. The summed E-state index contributed by atoms with van der Waals surface area (Å²) in [5.74, 6) is 0.126. The molecule has 1 aliphatic rings. The van der Waals surface area contributed by atoms with E-state index < -0.39 is 0 Å². The Balaban J connectivity index is 2.18. The summed E-state index contributed by atoms with van der Waals surface area (Å²) in [5.41, 5.74) is 10.4. The third-order valence-corrected chi connectivity index (χ3v) is 3.11. The summed E-state index contributed by atoms with van der Waals surface area (Å²) in [6.07, 6.45) is 8.13. The molecule has 0 aromatic heterocycles.